The van der Waals surface area contributed by atoms with E-state index < -0.39 is 38.6 Å². The minimum Gasteiger partial charge on any atom is -0.756 e. The Morgan fingerprint density at radius 3 is 1.85 bits per heavy atom. The number of rotatable bonds is 38. The lowest BCUT2D eigenvalue weighted by molar-refractivity contribution is -0.870. The molecule has 0 fully saturated rings. The van der Waals surface area contributed by atoms with E-state index in [0.717, 1.165) is 82.1 Å². The molecule has 354 valence electrons. The average Bonchev–Trinajstić information content (AvgIpc) is 3.48. The molecule has 0 aliphatic heterocycles. The molecule has 2 unspecified atom stereocenters. The van der Waals surface area contributed by atoms with Gasteiger partial charge in [-0.05, 0) is 82.8 Å². The standard InChI is InChI=1S/C50H84NO10P/c1-8-10-12-13-14-15-16-17-18-19-22-25-29-33-45(52)34-32-38-50(54)60-46(42-59-62(55,56)58-40-39-51(5,6)7)41-57-49(53)37-31-27-24-21-20-23-26-30-36-48-44(4)43(3)47(61-48)35-28-11-9-2/h10,12,14-15,17-18,22,25,29,33,45-46,52H,8-9,11,13,16,19-21,23-24,26-28,30-32,34-42H2,1-7H3/b12-10-,15-14-,18-17-,25-22-,33-29+/t45?,46-/m1/s1. The van der Waals surface area contributed by atoms with Gasteiger partial charge in [0.05, 0.1) is 33.9 Å². The Bertz CT molecular complexity index is 1540. The summed E-state index contributed by atoms with van der Waals surface area (Å²) in [6, 6.07) is 0. The molecule has 0 spiro atoms. The van der Waals surface area contributed by atoms with Crippen molar-refractivity contribution in [3.63, 3.8) is 0 Å². The monoisotopic (exact) mass is 890 g/mol. The number of likely N-dealkylation sites (N-methyl/N-ethyl adjacent to an activating group) is 1. The number of aryl methyl sites for hydroxylation is 2. The summed E-state index contributed by atoms with van der Waals surface area (Å²) in [5, 5.41) is 10.3. The highest BCUT2D eigenvalue weighted by molar-refractivity contribution is 7.45. The number of carbonyl (C=O) groups is 2. The Morgan fingerprint density at radius 1 is 0.710 bits per heavy atom. The van der Waals surface area contributed by atoms with Gasteiger partial charge in [-0.2, -0.15) is 0 Å². The van der Waals surface area contributed by atoms with E-state index in [4.69, 9.17) is 22.9 Å². The van der Waals surface area contributed by atoms with Gasteiger partial charge in [0.25, 0.3) is 7.82 Å². The molecule has 62 heavy (non-hydrogen) atoms. The molecule has 0 saturated heterocycles. The van der Waals surface area contributed by atoms with Crippen molar-refractivity contribution in [2.75, 3.05) is 47.5 Å². The normalized spacial score (nSPS) is 14.5. The molecule has 11 nitrogen and oxygen atoms in total. The molecule has 1 N–H and O–H groups in total. The highest BCUT2D eigenvalue weighted by Gasteiger charge is 2.22. The fourth-order valence-electron chi connectivity index (χ4n) is 6.39. The molecular formula is C50H84NO10P. The van der Waals surface area contributed by atoms with Gasteiger partial charge in [0, 0.05) is 25.7 Å². The van der Waals surface area contributed by atoms with Crippen LogP contribution in [0, 0.1) is 13.8 Å². The molecule has 3 atom stereocenters. The van der Waals surface area contributed by atoms with Crippen LogP contribution in [-0.4, -0.2) is 81.2 Å². The highest BCUT2D eigenvalue weighted by atomic mass is 31.2. The van der Waals surface area contributed by atoms with Crippen LogP contribution in [0.15, 0.2) is 65.2 Å². The van der Waals surface area contributed by atoms with E-state index in [1.54, 1.807) is 12.2 Å². The highest BCUT2D eigenvalue weighted by Crippen LogP contribution is 2.38. The van der Waals surface area contributed by atoms with Gasteiger partial charge >= 0.3 is 11.9 Å². The summed E-state index contributed by atoms with van der Waals surface area (Å²) in [7, 11) is 1.02. The number of allylic oxidation sites excluding steroid dienone is 9. The Hall–Kier alpha value is -3.05. The lowest BCUT2D eigenvalue weighted by atomic mass is 10.0. The van der Waals surface area contributed by atoms with Crippen LogP contribution in [0.25, 0.3) is 0 Å². The van der Waals surface area contributed by atoms with Gasteiger partial charge in [0.2, 0.25) is 0 Å². The van der Waals surface area contributed by atoms with Crippen molar-refractivity contribution in [2.24, 2.45) is 0 Å². The van der Waals surface area contributed by atoms with Crippen molar-refractivity contribution in [3.8, 4) is 0 Å². The zero-order chi connectivity index (χ0) is 45.9. The van der Waals surface area contributed by atoms with Crippen molar-refractivity contribution < 1.29 is 51.6 Å². The van der Waals surface area contributed by atoms with E-state index in [1.807, 2.05) is 33.3 Å². The Kier molecular flexibility index (Phi) is 32.5. The summed E-state index contributed by atoms with van der Waals surface area (Å²) in [6.07, 6.45) is 36.8. The van der Waals surface area contributed by atoms with Crippen LogP contribution in [0.2, 0.25) is 0 Å². The summed E-state index contributed by atoms with van der Waals surface area (Å²) in [5.41, 5.74) is 2.64. The number of hydrogen-bond donors (Lipinski definition) is 1. The SMILES string of the molecule is CC/C=C\C/C=C\C/C=C\C/C=C\C=C\C(O)CCCC(=O)O[C@H](COC(=O)CCCCCCCCCCc1oc(CCCCC)c(C)c1C)COP(=O)([O-])OCC[N+](C)(C)C. The Morgan fingerprint density at radius 2 is 1.26 bits per heavy atom. The molecule has 0 bridgehead atoms. The number of esters is 2. The molecule has 0 radical (unpaired) electrons. The Balaban J connectivity index is 2.43. The first kappa shape index (κ1) is 57.0. The lowest BCUT2D eigenvalue weighted by Crippen LogP contribution is -2.37. The number of carbonyl (C=O) groups excluding carboxylic acids is 2. The molecule has 0 aliphatic carbocycles. The number of phosphoric acid groups is 1. The summed E-state index contributed by atoms with van der Waals surface area (Å²) in [5.74, 6) is 1.25. The summed E-state index contributed by atoms with van der Waals surface area (Å²) in [6.45, 7) is 8.16. The smallest absolute Gasteiger partial charge is 0.306 e. The molecule has 0 saturated carbocycles. The molecular weight excluding hydrogens is 806 g/mol. The molecule has 0 aromatic carbocycles. The molecule has 1 rings (SSSR count). The lowest BCUT2D eigenvalue weighted by Gasteiger charge is -2.28. The van der Waals surface area contributed by atoms with Gasteiger partial charge in [0.1, 0.15) is 31.3 Å². The number of ether oxygens (including phenoxy) is 2. The first-order valence-electron chi connectivity index (χ1n) is 23.5. The number of phosphoric ester groups is 1. The van der Waals surface area contributed by atoms with Gasteiger partial charge < -0.3 is 37.4 Å². The second kappa shape index (κ2) is 35.3. The van der Waals surface area contributed by atoms with Crippen molar-refractivity contribution in [2.45, 2.75) is 175 Å². The van der Waals surface area contributed by atoms with Crippen LogP contribution in [0.4, 0.5) is 0 Å². The number of furan rings is 1. The van der Waals surface area contributed by atoms with Crippen LogP contribution in [0.5, 0.6) is 0 Å². The maximum absolute atomic E-state index is 12.7. The van der Waals surface area contributed by atoms with Crippen LogP contribution >= 0.6 is 7.82 Å². The minimum atomic E-state index is -4.70. The van der Waals surface area contributed by atoms with Crippen molar-refractivity contribution in [1.82, 2.24) is 0 Å². The van der Waals surface area contributed by atoms with Crippen LogP contribution in [0.1, 0.15) is 158 Å². The number of unbranched alkanes of at least 4 members (excludes halogenated alkanes) is 9. The Labute approximate surface area is 375 Å². The predicted octanol–water partition coefficient (Wildman–Crippen LogP) is 11.2. The summed E-state index contributed by atoms with van der Waals surface area (Å²) < 4.78 is 40.0. The third-order valence-electron chi connectivity index (χ3n) is 10.4. The summed E-state index contributed by atoms with van der Waals surface area (Å²) >= 11 is 0. The fourth-order valence-corrected chi connectivity index (χ4v) is 7.12. The molecule has 1 aromatic heterocycles. The maximum Gasteiger partial charge on any atom is 0.306 e. The number of nitrogens with zero attached hydrogens (tertiary/aromatic N) is 1. The van der Waals surface area contributed by atoms with Crippen molar-refractivity contribution in [1.29, 1.82) is 0 Å². The van der Waals surface area contributed by atoms with E-state index in [-0.39, 0.29) is 26.1 Å². The maximum atomic E-state index is 12.7. The third-order valence-corrected chi connectivity index (χ3v) is 11.3. The summed E-state index contributed by atoms with van der Waals surface area (Å²) in [4.78, 5) is 37.7. The number of aliphatic hydroxyl groups excluding tert-OH is 1. The van der Waals surface area contributed by atoms with E-state index in [0.29, 0.717) is 30.3 Å². The van der Waals surface area contributed by atoms with Gasteiger partial charge in [-0.25, -0.2) is 0 Å². The second-order valence-corrected chi connectivity index (χ2v) is 18.6. The first-order chi connectivity index (χ1) is 29.7. The van der Waals surface area contributed by atoms with E-state index in [1.165, 1.54) is 43.2 Å². The van der Waals surface area contributed by atoms with Gasteiger partial charge in [-0.1, -0.05) is 126 Å². The number of aliphatic hydroxyl groups is 1. The zero-order valence-corrected chi connectivity index (χ0v) is 40.5. The van der Waals surface area contributed by atoms with Gasteiger partial charge in [-0.15, -0.1) is 0 Å². The van der Waals surface area contributed by atoms with Crippen molar-refractivity contribution >= 4 is 19.8 Å². The fraction of sp³-hybridized carbons (Fsp3) is 0.680. The third kappa shape index (κ3) is 31.7. The molecule has 1 heterocycles. The number of hydrogen-bond acceptors (Lipinski definition) is 10. The molecule has 0 aliphatic rings. The zero-order valence-electron chi connectivity index (χ0n) is 39.6. The van der Waals surface area contributed by atoms with Gasteiger partial charge in [-0.3, -0.25) is 14.2 Å². The van der Waals surface area contributed by atoms with Gasteiger partial charge in [0.15, 0.2) is 6.10 Å². The minimum absolute atomic E-state index is 0.0161. The van der Waals surface area contributed by atoms with Crippen LogP contribution < -0.4 is 4.89 Å². The first-order valence-corrected chi connectivity index (χ1v) is 24.9. The van der Waals surface area contributed by atoms with Crippen molar-refractivity contribution in [3.05, 3.63) is 83.4 Å². The molecule has 0 amide bonds. The molecule has 1 aromatic rings. The largest absolute Gasteiger partial charge is 0.756 e. The predicted molar refractivity (Wildman–Crippen MR) is 250 cm³/mol. The average molecular weight is 890 g/mol. The van der Waals surface area contributed by atoms with Crippen LogP contribution in [-0.2, 0) is 45.5 Å². The molecule has 12 heteroatoms. The van der Waals surface area contributed by atoms with E-state index in [2.05, 4.69) is 64.2 Å². The van der Waals surface area contributed by atoms with E-state index in [9.17, 15) is 24.2 Å². The van der Waals surface area contributed by atoms with E-state index >= 15 is 0 Å². The quantitative estimate of drug-likeness (QED) is 0.0170. The topological polar surface area (TPSA) is 145 Å². The van der Waals surface area contributed by atoms with Crippen LogP contribution in [0.3, 0.4) is 0 Å². The second-order valence-electron chi connectivity index (χ2n) is 17.2. The number of quaternary nitrogens is 1.